The van der Waals surface area contributed by atoms with Gasteiger partial charge in [-0.2, -0.15) is 0 Å². The van der Waals surface area contributed by atoms with E-state index < -0.39 is 12.1 Å². The summed E-state index contributed by atoms with van der Waals surface area (Å²) in [5.74, 6) is -0.727. The van der Waals surface area contributed by atoms with Crippen LogP contribution in [-0.4, -0.2) is 48.5 Å². The summed E-state index contributed by atoms with van der Waals surface area (Å²) >= 11 is 6.22. The Bertz CT molecular complexity index is 959. The zero-order valence-corrected chi connectivity index (χ0v) is 19.3. The second kappa shape index (κ2) is 9.87. The molecule has 31 heavy (non-hydrogen) atoms. The number of furan rings is 1. The number of hydrogen-bond donors (Lipinski definition) is 0. The van der Waals surface area contributed by atoms with Crippen LogP contribution in [-0.2, 0) is 14.2 Å². The molecule has 0 aliphatic carbocycles. The van der Waals surface area contributed by atoms with Crippen LogP contribution in [0.25, 0.3) is 11.0 Å². The van der Waals surface area contributed by atoms with Gasteiger partial charge in [-0.1, -0.05) is 18.5 Å². The highest BCUT2D eigenvalue weighted by atomic mass is 35.5. The van der Waals surface area contributed by atoms with Crippen LogP contribution in [0.5, 0.6) is 0 Å². The zero-order chi connectivity index (χ0) is 22.7. The zero-order valence-electron chi connectivity index (χ0n) is 18.6. The van der Waals surface area contributed by atoms with Gasteiger partial charge < -0.3 is 18.6 Å². The van der Waals surface area contributed by atoms with E-state index in [9.17, 15) is 9.59 Å². The van der Waals surface area contributed by atoms with Gasteiger partial charge in [-0.3, -0.25) is 4.90 Å². The molecular formula is C22H29ClN2O6. The van der Waals surface area contributed by atoms with Crippen molar-refractivity contribution in [2.45, 2.75) is 72.1 Å². The van der Waals surface area contributed by atoms with Crippen molar-refractivity contribution >= 4 is 40.3 Å². The van der Waals surface area contributed by atoms with Crippen LogP contribution in [0.1, 0.15) is 63.2 Å². The molecule has 3 heterocycles. The normalized spacial score (nSPS) is 21.2. The van der Waals surface area contributed by atoms with E-state index in [4.69, 9.17) is 30.2 Å². The number of pyridine rings is 1. The quantitative estimate of drug-likeness (QED) is 0.435. The maximum Gasteiger partial charge on any atom is 0.414 e. The average molecular weight is 453 g/mol. The van der Waals surface area contributed by atoms with Gasteiger partial charge in [0.2, 0.25) is 5.76 Å². The van der Waals surface area contributed by atoms with Crippen molar-refractivity contribution in [2.75, 3.05) is 18.1 Å². The lowest BCUT2D eigenvalue weighted by atomic mass is 9.95. The molecule has 170 valence electrons. The lowest BCUT2D eigenvalue weighted by molar-refractivity contribution is -0.0485. The Kier molecular flexibility index (Phi) is 7.43. The summed E-state index contributed by atoms with van der Waals surface area (Å²) in [4.78, 5) is 31.8. The number of aromatic nitrogens is 1. The van der Waals surface area contributed by atoms with Crippen LogP contribution in [0.15, 0.2) is 10.5 Å². The van der Waals surface area contributed by atoms with E-state index in [1.807, 2.05) is 13.8 Å². The summed E-state index contributed by atoms with van der Waals surface area (Å²) in [7, 11) is 0. The Hall–Kier alpha value is -2.32. The van der Waals surface area contributed by atoms with Crippen LogP contribution in [0, 0.1) is 6.92 Å². The van der Waals surface area contributed by atoms with Crippen molar-refractivity contribution in [3.05, 3.63) is 22.7 Å². The Morgan fingerprint density at radius 1 is 1.23 bits per heavy atom. The van der Waals surface area contributed by atoms with Crippen molar-refractivity contribution < 1.29 is 28.2 Å². The monoisotopic (exact) mass is 452 g/mol. The fourth-order valence-electron chi connectivity index (χ4n) is 4.09. The molecule has 1 aliphatic rings. The summed E-state index contributed by atoms with van der Waals surface area (Å²) in [5.41, 5.74) is 1.19. The minimum absolute atomic E-state index is 0.0122. The molecule has 1 amide bonds. The minimum atomic E-state index is -0.661. The summed E-state index contributed by atoms with van der Waals surface area (Å²) in [6.45, 7) is 9.55. The summed E-state index contributed by atoms with van der Waals surface area (Å²) < 4.78 is 22.5. The standard InChI is InChI=1S/C22H29ClN2O6/c1-6-15-10-14(9-12(4)30-15)25(22(27)29-8-3)18-16-11-17(23)24-13(5)19(16)31-20(18)21(26)28-7-2/h11-12,14-15H,6-10H2,1-5H3. The summed E-state index contributed by atoms with van der Waals surface area (Å²) in [5, 5.41) is 0.749. The lowest BCUT2D eigenvalue weighted by Crippen LogP contribution is -2.48. The molecule has 8 nitrogen and oxygen atoms in total. The fourth-order valence-corrected chi connectivity index (χ4v) is 4.32. The maximum atomic E-state index is 13.2. The van der Waals surface area contributed by atoms with Crippen LogP contribution in [0.2, 0.25) is 5.15 Å². The predicted molar refractivity (Wildman–Crippen MR) is 117 cm³/mol. The van der Waals surface area contributed by atoms with Gasteiger partial charge in [0.05, 0.1) is 36.5 Å². The molecule has 1 saturated heterocycles. The number of nitrogens with zero attached hydrogens (tertiary/aromatic N) is 2. The van der Waals surface area contributed by atoms with E-state index in [0.717, 1.165) is 6.42 Å². The molecule has 3 rings (SSSR count). The average Bonchev–Trinajstić information content (AvgIpc) is 3.08. The first kappa shape index (κ1) is 23.3. The number of rotatable bonds is 6. The topological polar surface area (TPSA) is 91.1 Å². The van der Waals surface area contributed by atoms with Gasteiger partial charge in [-0.25, -0.2) is 14.6 Å². The van der Waals surface area contributed by atoms with Crippen molar-refractivity contribution in [1.82, 2.24) is 4.98 Å². The molecule has 0 N–H and O–H groups in total. The largest absolute Gasteiger partial charge is 0.460 e. The Morgan fingerprint density at radius 3 is 2.58 bits per heavy atom. The second-order valence-corrected chi connectivity index (χ2v) is 7.97. The third kappa shape index (κ3) is 4.80. The Morgan fingerprint density at radius 2 is 1.94 bits per heavy atom. The van der Waals surface area contributed by atoms with E-state index in [2.05, 4.69) is 4.98 Å². The molecule has 3 atom stereocenters. The summed E-state index contributed by atoms with van der Waals surface area (Å²) in [6, 6.07) is 1.34. The molecule has 0 aromatic carbocycles. The van der Waals surface area contributed by atoms with Gasteiger partial charge in [-0.05, 0) is 53.0 Å². The smallest absolute Gasteiger partial charge is 0.414 e. The molecule has 0 radical (unpaired) electrons. The molecule has 1 fully saturated rings. The number of hydrogen-bond acceptors (Lipinski definition) is 7. The number of amides is 1. The molecular weight excluding hydrogens is 424 g/mol. The van der Waals surface area contributed by atoms with Crippen molar-refractivity contribution in [3.8, 4) is 0 Å². The van der Waals surface area contributed by atoms with Crippen LogP contribution >= 0.6 is 11.6 Å². The molecule has 3 unspecified atom stereocenters. The number of anilines is 1. The van der Waals surface area contributed by atoms with Crippen LogP contribution < -0.4 is 4.90 Å². The van der Waals surface area contributed by atoms with E-state index in [1.54, 1.807) is 26.8 Å². The second-order valence-electron chi connectivity index (χ2n) is 7.58. The third-order valence-corrected chi connectivity index (χ3v) is 5.53. The fraction of sp³-hybridized carbons (Fsp3) is 0.591. The number of carbonyl (C=O) groups is 2. The lowest BCUT2D eigenvalue weighted by Gasteiger charge is -2.39. The van der Waals surface area contributed by atoms with E-state index in [0.29, 0.717) is 35.2 Å². The van der Waals surface area contributed by atoms with Crippen molar-refractivity contribution in [3.63, 3.8) is 0 Å². The van der Waals surface area contributed by atoms with Gasteiger partial charge in [0.15, 0.2) is 5.58 Å². The van der Waals surface area contributed by atoms with Gasteiger partial charge >= 0.3 is 12.1 Å². The molecule has 2 aromatic heterocycles. The molecule has 0 bridgehead atoms. The first-order valence-electron chi connectivity index (χ1n) is 10.7. The summed E-state index contributed by atoms with van der Waals surface area (Å²) in [6.07, 6.45) is 1.37. The Labute approximate surface area is 186 Å². The first-order chi connectivity index (χ1) is 14.8. The molecule has 0 spiro atoms. The van der Waals surface area contributed by atoms with Gasteiger partial charge in [-0.15, -0.1) is 0 Å². The first-order valence-corrected chi connectivity index (χ1v) is 11.1. The molecule has 9 heteroatoms. The number of ether oxygens (including phenoxy) is 3. The van der Waals surface area contributed by atoms with Crippen LogP contribution in [0.4, 0.5) is 10.5 Å². The third-order valence-electron chi connectivity index (χ3n) is 5.34. The maximum absolute atomic E-state index is 13.2. The molecule has 2 aromatic rings. The predicted octanol–water partition coefficient (Wildman–Crippen LogP) is 5.28. The van der Waals surface area contributed by atoms with Gasteiger partial charge in [0.25, 0.3) is 0 Å². The highest BCUT2D eigenvalue weighted by molar-refractivity contribution is 6.30. The number of aryl methyl sites for hydroxylation is 1. The SMILES string of the molecule is CCOC(=O)c1oc2c(C)nc(Cl)cc2c1N(C(=O)OCC)C1CC(C)OC(CC)C1. The van der Waals surface area contributed by atoms with E-state index in [1.165, 1.54) is 4.90 Å². The van der Waals surface area contributed by atoms with E-state index >= 15 is 0 Å². The number of halogens is 1. The van der Waals surface area contributed by atoms with Crippen LogP contribution in [0.3, 0.4) is 0 Å². The minimum Gasteiger partial charge on any atom is -0.460 e. The molecule has 0 saturated carbocycles. The van der Waals surface area contributed by atoms with Gasteiger partial charge in [0, 0.05) is 6.04 Å². The number of esters is 1. The van der Waals surface area contributed by atoms with Crippen molar-refractivity contribution in [2.24, 2.45) is 0 Å². The Balaban J connectivity index is 2.23. The number of carbonyl (C=O) groups excluding carboxylic acids is 2. The molecule has 1 aliphatic heterocycles. The van der Waals surface area contributed by atoms with Crippen molar-refractivity contribution in [1.29, 1.82) is 0 Å². The highest BCUT2D eigenvalue weighted by Crippen LogP contribution is 2.40. The number of fused-ring (bicyclic) bond motifs is 1. The van der Waals surface area contributed by atoms with Gasteiger partial charge in [0.1, 0.15) is 10.8 Å². The van der Waals surface area contributed by atoms with E-state index in [-0.39, 0.29) is 42.4 Å². The highest BCUT2D eigenvalue weighted by Gasteiger charge is 2.39.